The molecule has 76 heavy (non-hydrogen) atoms. The Morgan fingerprint density at radius 2 is 1.05 bits per heavy atom. The number of rotatable bonds is 14. The minimum absolute atomic E-state index is 0. The van der Waals surface area contributed by atoms with E-state index in [4.69, 9.17) is 14.6 Å². The number of carbonyl (C=O) groups is 2. The number of thiophene rings is 2. The van der Waals surface area contributed by atoms with E-state index in [-0.39, 0.29) is 42.3 Å². The van der Waals surface area contributed by atoms with Crippen molar-refractivity contribution in [2.24, 2.45) is 10.2 Å². The number of carbonyl (C=O) groups excluding carboxylic acids is 2. The van der Waals surface area contributed by atoms with Crippen LogP contribution < -0.4 is 4.74 Å². The number of benzene rings is 3. The molecule has 2 aliphatic heterocycles. The Hall–Kier alpha value is -8.45. The van der Waals surface area contributed by atoms with Gasteiger partial charge in [-0.15, -0.1) is 35.1 Å². The number of aliphatic hydroxyl groups excluding tert-OH is 1. The van der Waals surface area contributed by atoms with Gasteiger partial charge in [-0.05, 0) is 102 Å². The number of hydrogen-bond donors (Lipinski definition) is 3. The molecule has 6 aromatic heterocycles. The SMILES string of the molecule is COc1ccc(COCc2cncc(C3=NN(C(=O)c4ccc(-c5ccccn5)s4)C(c4ccccc4O)C3)c2)cc1.Cl.O=C(c1ccc(-c2ccccn2)s1)N1N=C(c2cncc(CO)c2)CC1c1ccccc1O. The molecular weight excluding hydrogens is 1020 g/mol. The fraction of sp³-hybridized carbons (Fsp3) is 0.138. The molecule has 0 bridgehead atoms. The molecule has 382 valence electrons. The number of nitrogens with zero attached hydrogens (tertiary/aromatic N) is 8. The van der Waals surface area contributed by atoms with E-state index in [1.54, 1.807) is 86.8 Å². The van der Waals surface area contributed by atoms with Gasteiger partial charge in [0.15, 0.2) is 0 Å². The smallest absolute Gasteiger partial charge is 0.284 e. The van der Waals surface area contributed by atoms with Crippen molar-refractivity contribution in [2.45, 2.75) is 44.7 Å². The number of methoxy groups -OCH3 is 1. The van der Waals surface area contributed by atoms with Crippen LogP contribution >= 0.6 is 35.1 Å². The second-order valence-electron chi connectivity index (χ2n) is 17.4. The number of para-hydroxylation sites is 2. The van der Waals surface area contributed by atoms with Gasteiger partial charge >= 0.3 is 0 Å². The maximum absolute atomic E-state index is 13.8. The van der Waals surface area contributed by atoms with Gasteiger partial charge in [0.2, 0.25) is 0 Å². The average Bonchev–Trinajstić information content (AvgIpc) is 4.32. The fourth-order valence-electron chi connectivity index (χ4n) is 8.66. The topological polar surface area (TPSA) is 196 Å². The summed E-state index contributed by atoms with van der Waals surface area (Å²) in [5.41, 5.74) is 8.38. The first-order valence-corrected chi connectivity index (χ1v) is 25.5. The lowest BCUT2D eigenvalue weighted by Crippen LogP contribution is -2.26. The number of hydrogen-bond acceptors (Lipinski definition) is 15. The Balaban J connectivity index is 0.000000188. The van der Waals surface area contributed by atoms with Crippen LogP contribution in [0.2, 0.25) is 0 Å². The van der Waals surface area contributed by atoms with Crippen molar-refractivity contribution in [3.8, 4) is 38.4 Å². The normalized spacial score (nSPS) is 14.8. The summed E-state index contributed by atoms with van der Waals surface area (Å²) in [6.45, 7) is 0.691. The standard InChI is InChI=1S/C33H28N4O4S.C25H20N4O3S.ClH/c1-40-25-11-9-22(10-12-25)20-41-21-23-16-24(19-34-18-23)28-17-29(26-6-2-3-8-30(26)38)37(36-28)33(39)32-14-13-31(42-32)27-7-4-5-15-35-27;30-15-16-11-17(14-26-13-16)20-12-21(18-5-1-2-7-22(18)31)29(28-20)25(32)24-9-8-23(33-24)19-6-3-4-10-27-19;/h2-16,18-19,29,38H,17,20-21H2,1H3;1-11,13-14,21,30-31H,12,15H2;1H. The Labute approximate surface area is 452 Å². The number of amides is 2. The molecule has 18 heteroatoms. The molecule has 11 rings (SSSR count). The van der Waals surface area contributed by atoms with Crippen LogP contribution in [0.3, 0.4) is 0 Å². The van der Waals surface area contributed by atoms with Crippen LogP contribution in [0.15, 0.2) is 193 Å². The van der Waals surface area contributed by atoms with Crippen molar-refractivity contribution < 1.29 is 34.4 Å². The van der Waals surface area contributed by atoms with Gasteiger partial charge in [0.25, 0.3) is 11.8 Å². The first kappa shape index (κ1) is 52.4. The minimum Gasteiger partial charge on any atom is -0.508 e. The van der Waals surface area contributed by atoms with Gasteiger partial charge in [-0.2, -0.15) is 10.2 Å². The Morgan fingerprint density at radius 3 is 1.53 bits per heavy atom. The molecule has 0 saturated heterocycles. The number of halogens is 1. The largest absolute Gasteiger partial charge is 0.508 e. The first-order valence-electron chi connectivity index (χ1n) is 23.8. The summed E-state index contributed by atoms with van der Waals surface area (Å²) in [7, 11) is 1.64. The molecular formula is C58H49ClN8O7S2. The van der Waals surface area contributed by atoms with Crippen molar-refractivity contribution >= 4 is 58.3 Å². The van der Waals surface area contributed by atoms with Crippen LogP contribution in [0, 0.1) is 0 Å². The molecule has 9 aromatic rings. The molecule has 8 heterocycles. The van der Waals surface area contributed by atoms with Gasteiger partial charge in [-0.3, -0.25) is 29.5 Å². The van der Waals surface area contributed by atoms with Gasteiger partial charge in [0, 0.05) is 72.3 Å². The van der Waals surface area contributed by atoms with Crippen LogP contribution in [0.1, 0.15) is 83.2 Å². The first-order chi connectivity index (χ1) is 36.7. The number of aliphatic hydroxyl groups is 1. The molecule has 2 unspecified atom stereocenters. The molecule has 0 fully saturated rings. The third-order valence-corrected chi connectivity index (χ3v) is 14.6. The van der Waals surface area contributed by atoms with E-state index in [0.717, 1.165) is 49.1 Å². The third kappa shape index (κ3) is 11.9. The number of phenols is 2. The molecule has 2 amide bonds. The highest BCUT2D eigenvalue weighted by Crippen LogP contribution is 2.41. The molecule has 2 atom stereocenters. The summed E-state index contributed by atoms with van der Waals surface area (Å²) in [5, 5.41) is 43.0. The minimum atomic E-state index is -0.468. The monoisotopic (exact) mass is 1070 g/mol. The summed E-state index contributed by atoms with van der Waals surface area (Å²) < 4.78 is 11.2. The molecule has 0 radical (unpaired) electrons. The maximum atomic E-state index is 13.8. The van der Waals surface area contributed by atoms with Crippen molar-refractivity contribution in [3.63, 3.8) is 0 Å². The van der Waals surface area contributed by atoms with E-state index >= 15 is 0 Å². The third-order valence-electron chi connectivity index (χ3n) is 12.4. The van der Waals surface area contributed by atoms with Crippen molar-refractivity contribution in [1.82, 2.24) is 30.0 Å². The molecule has 2 aliphatic rings. The maximum Gasteiger partial charge on any atom is 0.284 e. The van der Waals surface area contributed by atoms with E-state index in [2.05, 4.69) is 25.0 Å². The van der Waals surface area contributed by atoms with Crippen LogP contribution in [0.4, 0.5) is 0 Å². The zero-order chi connectivity index (χ0) is 51.7. The second-order valence-corrected chi connectivity index (χ2v) is 19.5. The molecule has 0 aliphatic carbocycles. The number of hydrazone groups is 2. The summed E-state index contributed by atoms with van der Waals surface area (Å²) in [6, 6.07) is 43.4. The zero-order valence-electron chi connectivity index (χ0n) is 40.8. The number of pyridine rings is 4. The van der Waals surface area contributed by atoms with E-state index in [9.17, 15) is 24.9 Å². The van der Waals surface area contributed by atoms with Gasteiger partial charge in [0.1, 0.15) is 17.2 Å². The van der Waals surface area contributed by atoms with Gasteiger partial charge in [-0.1, -0.05) is 60.7 Å². The zero-order valence-corrected chi connectivity index (χ0v) is 43.2. The van der Waals surface area contributed by atoms with Crippen LogP contribution in [-0.4, -0.2) is 75.6 Å². The number of aromatic hydroxyl groups is 2. The van der Waals surface area contributed by atoms with Crippen LogP contribution in [0.5, 0.6) is 17.2 Å². The quantitative estimate of drug-likeness (QED) is 0.0937. The van der Waals surface area contributed by atoms with Gasteiger partial charge in [0.05, 0.1) is 81.3 Å². The van der Waals surface area contributed by atoms with Crippen LogP contribution in [0.25, 0.3) is 21.1 Å². The van der Waals surface area contributed by atoms with E-state index in [1.807, 2.05) is 103 Å². The van der Waals surface area contributed by atoms with Crippen molar-refractivity contribution in [2.75, 3.05) is 7.11 Å². The predicted molar refractivity (Wildman–Crippen MR) is 295 cm³/mol. The fourth-order valence-corrected chi connectivity index (χ4v) is 10.5. The van der Waals surface area contributed by atoms with E-state index in [0.29, 0.717) is 63.9 Å². The number of phenolic OH excluding ortho intramolecular Hbond substituents is 2. The van der Waals surface area contributed by atoms with Crippen molar-refractivity contribution in [3.05, 3.63) is 231 Å². The highest BCUT2D eigenvalue weighted by Gasteiger charge is 2.37. The summed E-state index contributed by atoms with van der Waals surface area (Å²) in [6.07, 6.45) is 11.1. The molecule has 0 saturated carbocycles. The van der Waals surface area contributed by atoms with Gasteiger partial charge < -0.3 is 24.8 Å². The molecule has 3 N–H and O–H groups in total. The summed E-state index contributed by atoms with van der Waals surface area (Å²) >= 11 is 2.72. The predicted octanol–water partition coefficient (Wildman–Crippen LogP) is 11.4. The lowest BCUT2D eigenvalue weighted by atomic mass is 9.98. The summed E-state index contributed by atoms with van der Waals surface area (Å²) in [4.78, 5) is 47.6. The van der Waals surface area contributed by atoms with Crippen molar-refractivity contribution in [1.29, 1.82) is 0 Å². The molecule has 3 aromatic carbocycles. The lowest BCUT2D eigenvalue weighted by molar-refractivity contribution is 0.0707. The Kier molecular flexibility index (Phi) is 16.7. The van der Waals surface area contributed by atoms with Gasteiger partial charge in [-0.25, -0.2) is 10.0 Å². The molecule has 0 spiro atoms. The van der Waals surface area contributed by atoms with E-state index in [1.165, 1.54) is 32.7 Å². The second kappa shape index (κ2) is 24.3. The number of aromatic nitrogens is 4. The Morgan fingerprint density at radius 1 is 0.579 bits per heavy atom. The average molecular weight is 1070 g/mol. The van der Waals surface area contributed by atoms with E-state index < -0.39 is 12.1 Å². The highest BCUT2D eigenvalue weighted by molar-refractivity contribution is 7.17. The molecule has 15 nitrogen and oxygen atoms in total. The lowest BCUT2D eigenvalue weighted by Gasteiger charge is -2.22. The van der Waals surface area contributed by atoms with Crippen LogP contribution in [-0.2, 0) is 24.6 Å². The number of ether oxygens (including phenoxy) is 2. The highest BCUT2D eigenvalue weighted by atomic mass is 35.5. The summed E-state index contributed by atoms with van der Waals surface area (Å²) in [5.74, 6) is 0.541. The Bertz CT molecular complexity index is 3520.